The van der Waals surface area contributed by atoms with Crippen molar-refractivity contribution in [2.45, 2.75) is 81.5 Å². The van der Waals surface area contributed by atoms with E-state index in [1.54, 1.807) is 0 Å². The number of pyridine rings is 1. The van der Waals surface area contributed by atoms with E-state index in [4.69, 9.17) is 9.29 Å². The molecule has 7 rings (SSSR count). The Kier molecular flexibility index (Phi) is 5.38. The summed E-state index contributed by atoms with van der Waals surface area (Å²) in [5.74, 6) is 1.35. The van der Waals surface area contributed by atoms with Gasteiger partial charge >= 0.3 is 0 Å². The van der Waals surface area contributed by atoms with Gasteiger partial charge in [0, 0.05) is 30.4 Å². The van der Waals surface area contributed by atoms with Gasteiger partial charge in [-0.2, -0.15) is 0 Å². The molecule has 2 spiro atoms. The molecule has 2 aromatic rings. The standard InChI is InChI=1S/C30H36N2O3S/c1-28-10-8-24-17-23-4-5-25(32-14-15-36(33)34)18-29(23)11-12-30(24,35-29)27(28)7-6-26(28)21-3-2-20-9-13-31-19-22(20)16-21/h2-3,8-9,13,16-17,19,25-27,32H,4-7,10-12,14-15,18H2,1H3,(H,33,34)/t25?,26-,27-,28-,29-,30-/m1/s1. The number of hydrogen-bond acceptors (Lipinski definition) is 4. The highest BCUT2D eigenvalue weighted by Gasteiger charge is 2.66. The minimum absolute atomic E-state index is 0.155. The maximum absolute atomic E-state index is 11.1. The van der Waals surface area contributed by atoms with Crippen molar-refractivity contribution in [2.75, 3.05) is 12.3 Å². The van der Waals surface area contributed by atoms with E-state index in [0.717, 1.165) is 38.5 Å². The van der Waals surface area contributed by atoms with Gasteiger partial charge in [-0.3, -0.25) is 4.98 Å². The molecule has 2 bridgehead atoms. The van der Waals surface area contributed by atoms with Gasteiger partial charge in [-0.05, 0) is 103 Å². The Morgan fingerprint density at radius 3 is 3.00 bits per heavy atom. The highest BCUT2D eigenvalue weighted by atomic mass is 32.2. The number of hydrogen-bond donors (Lipinski definition) is 2. The van der Waals surface area contributed by atoms with Gasteiger partial charge in [-0.25, -0.2) is 4.21 Å². The maximum Gasteiger partial charge on any atom is 0.154 e. The average Bonchev–Trinajstić information content (AvgIpc) is 3.38. The van der Waals surface area contributed by atoms with Crippen LogP contribution in [0.3, 0.4) is 0 Å². The van der Waals surface area contributed by atoms with Crippen LogP contribution >= 0.6 is 0 Å². The third-order valence-corrected chi connectivity index (χ3v) is 11.0. The zero-order valence-corrected chi connectivity index (χ0v) is 21.9. The van der Waals surface area contributed by atoms with Crippen molar-refractivity contribution in [1.29, 1.82) is 0 Å². The van der Waals surface area contributed by atoms with Crippen LogP contribution in [-0.4, -0.2) is 43.3 Å². The minimum atomic E-state index is -1.74. The van der Waals surface area contributed by atoms with Crippen molar-refractivity contribution in [3.8, 4) is 0 Å². The van der Waals surface area contributed by atoms with Crippen LogP contribution < -0.4 is 5.32 Å². The summed E-state index contributed by atoms with van der Waals surface area (Å²) < 4.78 is 27.6. The molecule has 2 aliphatic heterocycles. The van der Waals surface area contributed by atoms with E-state index in [2.05, 4.69) is 53.6 Å². The van der Waals surface area contributed by atoms with E-state index in [-0.39, 0.29) is 22.4 Å². The van der Waals surface area contributed by atoms with Crippen molar-refractivity contribution in [2.24, 2.45) is 11.3 Å². The van der Waals surface area contributed by atoms with Crippen molar-refractivity contribution in [3.05, 3.63) is 65.5 Å². The van der Waals surface area contributed by atoms with Gasteiger partial charge in [0.1, 0.15) is 0 Å². The Labute approximate surface area is 216 Å². The number of benzene rings is 1. The van der Waals surface area contributed by atoms with E-state index < -0.39 is 11.1 Å². The summed E-state index contributed by atoms with van der Waals surface area (Å²) in [5.41, 5.74) is 4.28. The second-order valence-electron chi connectivity index (χ2n) is 12.1. The highest BCUT2D eigenvalue weighted by molar-refractivity contribution is 7.79. The van der Waals surface area contributed by atoms with Crippen LogP contribution in [0, 0.1) is 11.3 Å². The summed E-state index contributed by atoms with van der Waals surface area (Å²) in [5, 5.41) is 6.04. The molecule has 2 saturated carbocycles. The number of fused-ring (bicyclic) bond motifs is 2. The molecule has 1 aromatic heterocycles. The predicted molar refractivity (Wildman–Crippen MR) is 143 cm³/mol. The van der Waals surface area contributed by atoms with Gasteiger partial charge in [0.2, 0.25) is 0 Å². The Hall–Kier alpha value is -1.86. The van der Waals surface area contributed by atoms with E-state index in [1.165, 1.54) is 40.3 Å². The molecule has 7 atom stereocenters. The first-order chi connectivity index (χ1) is 17.4. The molecule has 3 fully saturated rings. The zero-order chi connectivity index (χ0) is 24.5. The lowest BCUT2D eigenvalue weighted by Crippen LogP contribution is -2.55. The molecule has 2 N–H and O–H groups in total. The van der Waals surface area contributed by atoms with Crippen molar-refractivity contribution in [3.63, 3.8) is 0 Å². The fourth-order valence-corrected chi connectivity index (χ4v) is 9.09. The van der Waals surface area contributed by atoms with Gasteiger partial charge in [0.05, 0.1) is 17.0 Å². The summed E-state index contributed by atoms with van der Waals surface area (Å²) in [4.78, 5) is 4.37. The monoisotopic (exact) mass is 504 g/mol. The molecule has 5 nitrogen and oxygen atoms in total. The number of aromatic nitrogens is 1. The van der Waals surface area contributed by atoms with Crippen LogP contribution in [-0.2, 0) is 15.8 Å². The summed E-state index contributed by atoms with van der Waals surface area (Å²) in [7, 11) is 0. The molecule has 5 aliphatic rings. The van der Waals surface area contributed by atoms with Crippen LogP contribution in [0.5, 0.6) is 0 Å². The first-order valence-electron chi connectivity index (χ1n) is 13.7. The van der Waals surface area contributed by atoms with Crippen molar-refractivity contribution < 1.29 is 13.5 Å². The van der Waals surface area contributed by atoms with Crippen molar-refractivity contribution in [1.82, 2.24) is 10.3 Å². The van der Waals surface area contributed by atoms with Gasteiger partial charge in [0.25, 0.3) is 0 Å². The Balaban J connectivity index is 1.19. The summed E-state index contributed by atoms with van der Waals surface area (Å²) in [6.45, 7) is 3.11. The van der Waals surface area contributed by atoms with Crippen LogP contribution in [0.15, 0.2) is 60.0 Å². The third kappa shape index (κ3) is 3.37. The number of rotatable bonds is 5. The van der Waals surface area contributed by atoms with Crippen LogP contribution in [0.2, 0.25) is 0 Å². The quantitative estimate of drug-likeness (QED) is 0.515. The molecule has 3 heterocycles. The molecule has 0 amide bonds. The zero-order valence-electron chi connectivity index (χ0n) is 21.0. The average molecular weight is 505 g/mol. The number of nitrogens with one attached hydrogen (secondary N) is 1. The van der Waals surface area contributed by atoms with Gasteiger partial charge in [-0.1, -0.05) is 31.2 Å². The molecule has 3 aliphatic carbocycles. The lowest BCUT2D eigenvalue weighted by atomic mass is 9.58. The van der Waals surface area contributed by atoms with E-state index in [1.807, 2.05) is 12.4 Å². The smallest absolute Gasteiger partial charge is 0.154 e. The fourth-order valence-electron chi connectivity index (χ4n) is 8.80. The molecule has 36 heavy (non-hydrogen) atoms. The summed E-state index contributed by atoms with van der Waals surface area (Å²) >= 11 is -1.74. The molecule has 190 valence electrons. The third-order valence-electron chi connectivity index (χ3n) is 10.5. The lowest BCUT2D eigenvalue weighted by molar-refractivity contribution is -0.136. The second kappa shape index (κ2) is 8.32. The van der Waals surface area contributed by atoms with Gasteiger partial charge < -0.3 is 14.6 Å². The Bertz CT molecular complexity index is 1310. The van der Waals surface area contributed by atoms with Gasteiger partial charge in [0.15, 0.2) is 11.1 Å². The Morgan fingerprint density at radius 2 is 2.11 bits per heavy atom. The lowest BCUT2D eigenvalue weighted by Gasteiger charge is -2.54. The van der Waals surface area contributed by atoms with Crippen LogP contribution in [0.1, 0.15) is 69.8 Å². The van der Waals surface area contributed by atoms with E-state index in [9.17, 15) is 4.21 Å². The maximum atomic E-state index is 11.1. The number of ether oxygens (including phenoxy) is 1. The molecule has 0 radical (unpaired) electrons. The predicted octanol–water partition coefficient (Wildman–Crippen LogP) is 5.66. The molecular weight excluding hydrogens is 468 g/mol. The molecular formula is C30H36N2O3S. The minimum Gasteiger partial charge on any atom is -0.359 e. The second-order valence-corrected chi connectivity index (χ2v) is 13.2. The van der Waals surface area contributed by atoms with Crippen molar-refractivity contribution >= 4 is 21.9 Å². The first kappa shape index (κ1) is 23.3. The SMILES string of the molecule is C[C@]12CC=C3C=C4CCC(NCCS(=O)O)C[C@]45CC[C@]3(O5)[C@@H]1CC[C@@H]2c1ccc2ccncc2c1. The van der Waals surface area contributed by atoms with E-state index >= 15 is 0 Å². The summed E-state index contributed by atoms with van der Waals surface area (Å²) in [6, 6.07) is 9.45. The fraction of sp³-hybridized carbons (Fsp3) is 0.567. The Morgan fingerprint density at radius 1 is 1.19 bits per heavy atom. The molecule has 6 heteroatoms. The van der Waals surface area contributed by atoms with Crippen LogP contribution in [0.4, 0.5) is 0 Å². The molecule has 1 aromatic carbocycles. The van der Waals surface area contributed by atoms with Gasteiger partial charge in [-0.15, -0.1) is 0 Å². The summed E-state index contributed by atoms with van der Waals surface area (Å²) in [6.07, 6.45) is 17.8. The first-order valence-corrected chi connectivity index (χ1v) is 15.0. The topological polar surface area (TPSA) is 71.5 Å². The largest absolute Gasteiger partial charge is 0.359 e. The normalized spacial score (nSPS) is 39.7. The molecule has 1 saturated heterocycles. The highest BCUT2D eigenvalue weighted by Crippen LogP contribution is 2.69. The molecule has 2 unspecified atom stereocenters. The van der Waals surface area contributed by atoms with Crippen LogP contribution in [0.25, 0.3) is 10.8 Å². The van der Waals surface area contributed by atoms with E-state index in [0.29, 0.717) is 24.4 Å². The number of nitrogens with zero attached hydrogens (tertiary/aromatic N) is 1. The number of allylic oxidation sites excluding steroid dienone is 1.